The number of halogens is 1. The molecule has 3 aromatic carbocycles. The van der Waals surface area contributed by atoms with E-state index in [2.05, 4.69) is 27.3 Å². The van der Waals surface area contributed by atoms with Gasteiger partial charge in [-0.05, 0) is 50.5 Å². The Bertz CT molecular complexity index is 975. The van der Waals surface area contributed by atoms with Crippen molar-refractivity contribution in [2.75, 3.05) is 12.4 Å². The van der Waals surface area contributed by atoms with Crippen LogP contribution in [0.1, 0.15) is 15.9 Å². The molecule has 0 aromatic heterocycles. The van der Waals surface area contributed by atoms with Crippen molar-refractivity contribution >= 4 is 38.3 Å². The summed E-state index contributed by atoms with van der Waals surface area (Å²) in [7, 11) is 1.54. The van der Waals surface area contributed by atoms with Gasteiger partial charge in [0.25, 0.3) is 5.91 Å². The molecule has 0 aliphatic heterocycles. The van der Waals surface area contributed by atoms with Gasteiger partial charge >= 0.3 is 0 Å². The van der Waals surface area contributed by atoms with Gasteiger partial charge < -0.3 is 10.1 Å². The summed E-state index contributed by atoms with van der Waals surface area (Å²) in [6.45, 7) is 0. The molecule has 1 amide bonds. The van der Waals surface area contributed by atoms with Gasteiger partial charge in [0.2, 0.25) is 0 Å². The maximum absolute atomic E-state index is 12.7. The summed E-state index contributed by atoms with van der Waals surface area (Å²) in [4.78, 5) is 12.7. The van der Waals surface area contributed by atoms with Crippen LogP contribution in [-0.2, 0) is 6.42 Å². The zero-order valence-corrected chi connectivity index (χ0v) is 15.1. The van der Waals surface area contributed by atoms with Crippen LogP contribution in [0.15, 0.2) is 59.1 Å². The molecule has 0 bridgehead atoms. The number of methoxy groups -OCH3 is 1. The zero-order chi connectivity index (χ0) is 17.8. The Kier molecular flexibility index (Phi) is 5.01. The van der Waals surface area contributed by atoms with E-state index in [0.717, 1.165) is 20.8 Å². The van der Waals surface area contributed by atoms with E-state index in [0.29, 0.717) is 23.4 Å². The number of hydrogen-bond donors (Lipinski definition) is 1. The third-order valence-electron chi connectivity index (χ3n) is 3.88. The lowest BCUT2D eigenvalue weighted by Crippen LogP contribution is -2.13. The summed E-state index contributed by atoms with van der Waals surface area (Å²) >= 11 is 3.54. The number of carbonyl (C=O) groups excluding carboxylic acids is 1. The number of benzene rings is 3. The fourth-order valence-electron chi connectivity index (χ4n) is 2.65. The number of amides is 1. The minimum Gasteiger partial charge on any atom is -0.495 e. The van der Waals surface area contributed by atoms with Crippen LogP contribution in [0.3, 0.4) is 0 Å². The molecule has 3 aromatic rings. The Hall–Kier alpha value is -2.84. The first-order valence-electron chi connectivity index (χ1n) is 7.66. The van der Waals surface area contributed by atoms with Crippen molar-refractivity contribution in [3.8, 4) is 11.8 Å². The van der Waals surface area contributed by atoms with Gasteiger partial charge in [-0.3, -0.25) is 4.79 Å². The highest BCUT2D eigenvalue weighted by molar-refractivity contribution is 9.10. The summed E-state index contributed by atoms with van der Waals surface area (Å²) in [5, 5.41) is 13.5. The van der Waals surface area contributed by atoms with E-state index in [4.69, 9.17) is 10.00 Å². The molecule has 0 atom stereocenters. The minimum absolute atomic E-state index is 0.253. The first-order chi connectivity index (χ1) is 12.1. The van der Waals surface area contributed by atoms with Gasteiger partial charge in [0.05, 0.1) is 29.6 Å². The number of hydrogen-bond acceptors (Lipinski definition) is 3. The summed E-state index contributed by atoms with van der Waals surface area (Å²) in [5.41, 5.74) is 2.03. The van der Waals surface area contributed by atoms with Crippen LogP contribution >= 0.6 is 15.9 Å². The van der Waals surface area contributed by atoms with Crippen LogP contribution < -0.4 is 10.1 Å². The van der Waals surface area contributed by atoms with Crippen molar-refractivity contribution < 1.29 is 9.53 Å². The highest BCUT2D eigenvalue weighted by Gasteiger charge is 2.18. The van der Waals surface area contributed by atoms with Crippen LogP contribution in [0, 0.1) is 11.3 Å². The summed E-state index contributed by atoms with van der Waals surface area (Å²) in [6, 6.07) is 18.9. The Balaban J connectivity index is 1.95. The highest BCUT2D eigenvalue weighted by Crippen LogP contribution is 2.36. The third kappa shape index (κ3) is 3.49. The number of nitriles is 1. The Morgan fingerprint density at radius 2 is 1.92 bits per heavy atom. The third-order valence-corrected chi connectivity index (χ3v) is 4.67. The van der Waals surface area contributed by atoms with E-state index >= 15 is 0 Å². The number of nitrogens with one attached hydrogen (secondary N) is 1. The molecule has 25 heavy (non-hydrogen) atoms. The van der Waals surface area contributed by atoms with Gasteiger partial charge in [0.1, 0.15) is 5.75 Å². The predicted molar refractivity (Wildman–Crippen MR) is 102 cm³/mol. The number of ether oxygens (including phenoxy) is 1. The fourth-order valence-corrected chi connectivity index (χ4v) is 3.38. The lowest BCUT2D eigenvalue weighted by molar-refractivity contribution is 0.102. The smallest absolute Gasteiger partial charge is 0.259 e. The number of anilines is 1. The zero-order valence-electron chi connectivity index (χ0n) is 13.5. The van der Waals surface area contributed by atoms with Crippen LogP contribution in [0.5, 0.6) is 5.75 Å². The maximum Gasteiger partial charge on any atom is 0.259 e. The van der Waals surface area contributed by atoms with E-state index in [9.17, 15) is 4.79 Å². The van der Waals surface area contributed by atoms with E-state index in [1.165, 1.54) is 0 Å². The van der Waals surface area contributed by atoms with Crippen molar-refractivity contribution in [1.29, 1.82) is 5.26 Å². The normalized spacial score (nSPS) is 10.3. The molecule has 0 fully saturated rings. The largest absolute Gasteiger partial charge is 0.495 e. The highest BCUT2D eigenvalue weighted by atomic mass is 79.9. The quantitative estimate of drug-likeness (QED) is 0.682. The average molecular weight is 395 g/mol. The van der Waals surface area contributed by atoms with Gasteiger partial charge in [-0.25, -0.2) is 0 Å². The second-order valence-electron chi connectivity index (χ2n) is 5.48. The van der Waals surface area contributed by atoms with Crippen LogP contribution in [0.25, 0.3) is 10.8 Å². The SMILES string of the molecule is COc1c(C(=O)Nc2ccc(CC#N)cc2)cc2ccccc2c1Br. The van der Waals surface area contributed by atoms with E-state index < -0.39 is 0 Å². The standard InChI is InChI=1S/C20H15BrN2O2/c1-25-19-17(12-14-4-2-3-5-16(14)18(19)21)20(24)23-15-8-6-13(7-9-15)10-11-22/h2-9,12H,10H2,1H3,(H,23,24). The molecule has 5 heteroatoms. The van der Waals surface area contributed by atoms with E-state index in [1.807, 2.05) is 42.5 Å². The molecule has 0 saturated heterocycles. The molecular weight excluding hydrogens is 380 g/mol. The number of nitrogens with zero attached hydrogens (tertiary/aromatic N) is 1. The predicted octanol–water partition coefficient (Wildman–Crippen LogP) is 4.93. The van der Waals surface area contributed by atoms with Crippen molar-refractivity contribution in [3.05, 3.63) is 70.2 Å². The van der Waals surface area contributed by atoms with Crippen LogP contribution in [0.4, 0.5) is 5.69 Å². The molecule has 0 aliphatic carbocycles. The molecule has 1 N–H and O–H groups in total. The first-order valence-corrected chi connectivity index (χ1v) is 8.46. The molecule has 124 valence electrons. The average Bonchev–Trinajstić information content (AvgIpc) is 2.63. The van der Waals surface area contributed by atoms with Crippen molar-refractivity contribution in [1.82, 2.24) is 0 Å². The van der Waals surface area contributed by atoms with Crippen LogP contribution in [-0.4, -0.2) is 13.0 Å². The van der Waals surface area contributed by atoms with Gasteiger partial charge in [-0.1, -0.05) is 36.4 Å². The number of rotatable bonds is 4. The summed E-state index contributed by atoms with van der Waals surface area (Å²) in [6.07, 6.45) is 0.347. The molecule has 0 radical (unpaired) electrons. The Labute approximate surface area is 154 Å². The number of fused-ring (bicyclic) bond motifs is 1. The molecule has 0 aliphatic rings. The lowest BCUT2D eigenvalue weighted by Gasteiger charge is -2.13. The Morgan fingerprint density at radius 3 is 2.60 bits per heavy atom. The second-order valence-corrected chi connectivity index (χ2v) is 6.27. The second kappa shape index (κ2) is 7.37. The monoisotopic (exact) mass is 394 g/mol. The van der Waals surface area contributed by atoms with Crippen LogP contribution in [0.2, 0.25) is 0 Å². The van der Waals surface area contributed by atoms with Crippen molar-refractivity contribution in [2.24, 2.45) is 0 Å². The van der Waals surface area contributed by atoms with Gasteiger partial charge in [-0.15, -0.1) is 0 Å². The molecule has 0 unspecified atom stereocenters. The number of carbonyl (C=O) groups is 1. The van der Waals surface area contributed by atoms with E-state index in [-0.39, 0.29) is 5.91 Å². The maximum atomic E-state index is 12.7. The van der Waals surface area contributed by atoms with Crippen molar-refractivity contribution in [2.45, 2.75) is 6.42 Å². The van der Waals surface area contributed by atoms with Gasteiger partial charge in [0, 0.05) is 5.69 Å². The fraction of sp³-hybridized carbons (Fsp3) is 0.100. The van der Waals surface area contributed by atoms with E-state index in [1.54, 1.807) is 19.2 Å². The lowest BCUT2D eigenvalue weighted by atomic mass is 10.0. The van der Waals surface area contributed by atoms with Gasteiger partial charge in [-0.2, -0.15) is 5.26 Å². The molecule has 0 heterocycles. The molecular formula is C20H15BrN2O2. The first kappa shape index (κ1) is 17.0. The molecule has 3 rings (SSSR count). The summed E-state index contributed by atoms with van der Waals surface area (Å²) in [5.74, 6) is 0.244. The van der Waals surface area contributed by atoms with Gasteiger partial charge in [0.15, 0.2) is 0 Å². The molecule has 0 spiro atoms. The minimum atomic E-state index is -0.253. The van der Waals surface area contributed by atoms with Crippen molar-refractivity contribution in [3.63, 3.8) is 0 Å². The topological polar surface area (TPSA) is 62.1 Å². The molecule has 4 nitrogen and oxygen atoms in total. The Morgan fingerprint density at radius 1 is 1.20 bits per heavy atom. The summed E-state index contributed by atoms with van der Waals surface area (Å²) < 4.78 is 6.20. The molecule has 0 saturated carbocycles.